The standard InChI is InChI=1S/C20H20N6O/c1-15-17-4-2-3-5-18(17)20(27)26(23-15)14-24-8-10-25(11-9-24)19-12-16(13-21)6-7-22-19/h2-7,12H,8-11,14H2,1H3. The zero-order valence-corrected chi connectivity index (χ0v) is 15.2. The summed E-state index contributed by atoms with van der Waals surface area (Å²) in [5.41, 5.74) is 1.42. The average molecular weight is 360 g/mol. The summed E-state index contributed by atoms with van der Waals surface area (Å²) in [4.78, 5) is 21.5. The average Bonchev–Trinajstić information content (AvgIpc) is 2.72. The van der Waals surface area contributed by atoms with Gasteiger partial charge in [0.25, 0.3) is 5.56 Å². The summed E-state index contributed by atoms with van der Waals surface area (Å²) in [7, 11) is 0. The Morgan fingerprint density at radius 3 is 2.59 bits per heavy atom. The molecule has 0 spiro atoms. The Hall–Kier alpha value is -3.24. The molecule has 0 saturated carbocycles. The van der Waals surface area contributed by atoms with E-state index in [4.69, 9.17) is 5.26 Å². The van der Waals surface area contributed by atoms with Crippen molar-refractivity contribution >= 4 is 16.6 Å². The van der Waals surface area contributed by atoms with Crippen molar-refractivity contribution in [2.45, 2.75) is 13.6 Å². The minimum absolute atomic E-state index is 0.0537. The molecule has 2 aromatic heterocycles. The number of anilines is 1. The van der Waals surface area contributed by atoms with Gasteiger partial charge in [-0.3, -0.25) is 9.69 Å². The van der Waals surface area contributed by atoms with Crippen LogP contribution in [0.2, 0.25) is 0 Å². The van der Waals surface area contributed by atoms with Crippen LogP contribution in [-0.4, -0.2) is 45.8 Å². The molecular formula is C20H20N6O. The zero-order valence-electron chi connectivity index (χ0n) is 15.2. The van der Waals surface area contributed by atoms with E-state index in [1.165, 1.54) is 0 Å². The van der Waals surface area contributed by atoms with Crippen molar-refractivity contribution in [1.82, 2.24) is 19.7 Å². The van der Waals surface area contributed by atoms with Crippen molar-refractivity contribution in [2.24, 2.45) is 0 Å². The predicted molar refractivity (Wildman–Crippen MR) is 103 cm³/mol. The number of rotatable bonds is 3. The van der Waals surface area contributed by atoms with E-state index >= 15 is 0 Å². The van der Waals surface area contributed by atoms with Crippen LogP contribution in [0.15, 0.2) is 47.4 Å². The largest absolute Gasteiger partial charge is 0.354 e. The Balaban J connectivity index is 1.48. The summed E-state index contributed by atoms with van der Waals surface area (Å²) in [5.74, 6) is 0.825. The van der Waals surface area contributed by atoms with Crippen LogP contribution < -0.4 is 10.5 Å². The quantitative estimate of drug-likeness (QED) is 0.708. The number of hydrogen-bond donors (Lipinski definition) is 0. The van der Waals surface area contributed by atoms with E-state index in [9.17, 15) is 4.79 Å². The van der Waals surface area contributed by atoms with Crippen LogP contribution in [0.4, 0.5) is 5.82 Å². The van der Waals surface area contributed by atoms with Crippen LogP contribution in [0.5, 0.6) is 0 Å². The first-order chi connectivity index (χ1) is 13.2. The minimum atomic E-state index is -0.0537. The third kappa shape index (κ3) is 3.39. The van der Waals surface area contributed by atoms with Gasteiger partial charge in [0, 0.05) is 37.8 Å². The van der Waals surface area contributed by atoms with Gasteiger partial charge in [-0.15, -0.1) is 0 Å². The Morgan fingerprint density at radius 2 is 1.85 bits per heavy atom. The number of nitrogens with zero attached hydrogens (tertiary/aromatic N) is 6. The lowest BCUT2D eigenvalue weighted by Gasteiger charge is -2.35. The molecule has 1 saturated heterocycles. The number of pyridine rings is 1. The van der Waals surface area contributed by atoms with Gasteiger partial charge in [0.1, 0.15) is 5.82 Å². The second-order valence-corrected chi connectivity index (χ2v) is 6.70. The maximum Gasteiger partial charge on any atom is 0.275 e. The summed E-state index contributed by atoms with van der Waals surface area (Å²) >= 11 is 0. The molecule has 1 aliphatic heterocycles. The monoisotopic (exact) mass is 360 g/mol. The Bertz CT molecular complexity index is 1080. The molecule has 0 radical (unpaired) electrons. The highest BCUT2D eigenvalue weighted by Gasteiger charge is 2.19. The number of aryl methyl sites for hydroxylation is 1. The fraction of sp³-hybridized carbons (Fsp3) is 0.300. The molecule has 7 heteroatoms. The molecule has 1 fully saturated rings. The highest BCUT2D eigenvalue weighted by atomic mass is 16.1. The van der Waals surface area contributed by atoms with Gasteiger partial charge in [-0.1, -0.05) is 18.2 Å². The van der Waals surface area contributed by atoms with Gasteiger partial charge in [-0.05, 0) is 25.1 Å². The van der Waals surface area contributed by atoms with E-state index in [1.54, 1.807) is 16.9 Å². The summed E-state index contributed by atoms with van der Waals surface area (Å²) in [6.07, 6.45) is 1.67. The maximum absolute atomic E-state index is 12.7. The number of piperazine rings is 1. The Labute approximate surface area is 157 Å². The molecule has 7 nitrogen and oxygen atoms in total. The second-order valence-electron chi connectivity index (χ2n) is 6.70. The topological polar surface area (TPSA) is 78.1 Å². The molecule has 136 valence electrons. The van der Waals surface area contributed by atoms with Gasteiger partial charge in [0.05, 0.1) is 29.4 Å². The summed E-state index contributed by atoms with van der Waals surface area (Å²) < 4.78 is 1.56. The molecule has 1 aliphatic rings. The number of aromatic nitrogens is 3. The van der Waals surface area contributed by atoms with Gasteiger partial charge >= 0.3 is 0 Å². The van der Waals surface area contributed by atoms with Crippen molar-refractivity contribution in [3.8, 4) is 6.07 Å². The van der Waals surface area contributed by atoms with E-state index in [2.05, 4.69) is 26.0 Å². The van der Waals surface area contributed by atoms with Crippen molar-refractivity contribution in [3.63, 3.8) is 0 Å². The summed E-state index contributed by atoms with van der Waals surface area (Å²) in [6, 6.07) is 13.3. The summed E-state index contributed by atoms with van der Waals surface area (Å²) in [6.45, 7) is 5.61. The second kappa shape index (κ2) is 7.17. The highest BCUT2D eigenvalue weighted by molar-refractivity contribution is 5.83. The van der Waals surface area contributed by atoms with Crippen molar-refractivity contribution in [1.29, 1.82) is 5.26 Å². The van der Waals surface area contributed by atoms with Crippen LogP contribution in [-0.2, 0) is 6.67 Å². The van der Waals surface area contributed by atoms with Crippen LogP contribution in [0.3, 0.4) is 0 Å². The van der Waals surface area contributed by atoms with Gasteiger partial charge in [-0.2, -0.15) is 10.4 Å². The molecule has 0 amide bonds. The first-order valence-electron chi connectivity index (χ1n) is 8.95. The van der Waals surface area contributed by atoms with Crippen LogP contribution in [0.25, 0.3) is 10.8 Å². The molecule has 3 aromatic rings. The fourth-order valence-electron chi connectivity index (χ4n) is 3.47. The highest BCUT2D eigenvalue weighted by Crippen LogP contribution is 2.16. The minimum Gasteiger partial charge on any atom is -0.354 e. The van der Waals surface area contributed by atoms with Crippen molar-refractivity contribution in [2.75, 3.05) is 31.1 Å². The molecule has 0 aliphatic carbocycles. The predicted octanol–water partition coefficient (Wildman–Crippen LogP) is 1.75. The van der Waals surface area contributed by atoms with E-state index in [0.717, 1.165) is 43.1 Å². The Morgan fingerprint density at radius 1 is 1.11 bits per heavy atom. The number of benzene rings is 1. The molecular weight excluding hydrogens is 340 g/mol. The van der Waals surface area contributed by atoms with E-state index in [1.807, 2.05) is 37.3 Å². The van der Waals surface area contributed by atoms with Gasteiger partial charge in [0.2, 0.25) is 0 Å². The fourth-order valence-corrected chi connectivity index (χ4v) is 3.47. The number of nitriles is 1. The van der Waals surface area contributed by atoms with E-state index < -0.39 is 0 Å². The van der Waals surface area contributed by atoms with Crippen molar-refractivity contribution < 1.29 is 0 Å². The van der Waals surface area contributed by atoms with Gasteiger partial charge in [0.15, 0.2) is 0 Å². The molecule has 3 heterocycles. The van der Waals surface area contributed by atoms with Crippen LogP contribution >= 0.6 is 0 Å². The maximum atomic E-state index is 12.7. The normalized spacial score (nSPS) is 15.0. The molecule has 0 atom stereocenters. The first-order valence-corrected chi connectivity index (χ1v) is 8.95. The molecule has 4 rings (SSSR count). The third-order valence-electron chi connectivity index (χ3n) is 4.96. The molecule has 0 unspecified atom stereocenters. The molecule has 1 aromatic carbocycles. The van der Waals surface area contributed by atoms with E-state index in [0.29, 0.717) is 17.6 Å². The number of hydrogen-bond acceptors (Lipinski definition) is 6. The number of fused-ring (bicyclic) bond motifs is 1. The smallest absolute Gasteiger partial charge is 0.275 e. The molecule has 27 heavy (non-hydrogen) atoms. The SMILES string of the molecule is Cc1nn(CN2CCN(c3cc(C#N)ccn3)CC2)c(=O)c2ccccc12. The van der Waals surface area contributed by atoms with Crippen molar-refractivity contribution in [3.05, 3.63) is 64.2 Å². The lowest BCUT2D eigenvalue weighted by Crippen LogP contribution is -2.48. The third-order valence-corrected chi connectivity index (χ3v) is 4.96. The molecule has 0 bridgehead atoms. The van der Waals surface area contributed by atoms with Crippen LogP contribution in [0.1, 0.15) is 11.3 Å². The lowest BCUT2D eigenvalue weighted by molar-refractivity contribution is 0.191. The van der Waals surface area contributed by atoms with E-state index in [-0.39, 0.29) is 5.56 Å². The first kappa shape index (κ1) is 17.2. The molecule has 0 N–H and O–H groups in total. The lowest BCUT2D eigenvalue weighted by atomic mass is 10.1. The zero-order chi connectivity index (χ0) is 18.8. The Kier molecular flexibility index (Phi) is 4.57. The summed E-state index contributed by atoms with van der Waals surface area (Å²) in [5, 5.41) is 15.2. The van der Waals surface area contributed by atoms with Gasteiger partial charge < -0.3 is 4.90 Å². The van der Waals surface area contributed by atoms with Crippen LogP contribution in [0, 0.1) is 18.3 Å². The van der Waals surface area contributed by atoms with Gasteiger partial charge in [-0.25, -0.2) is 9.67 Å².